The van der Waals surface area contributed by atoms with Crippen LogP contribution in [0.1, 0.15) is 18.4 Å². The topological polar surface area (TPSA) is 62.3 Å². The Hall–Kier alpha value is -2.44. The van der Waals surface area contributed by atoms with Gasteiger partial charge < -0.3 is 5.32 Å². The molecule has 4 rings (SSSR count). The minimum atomic E-state index is -3.14. The van der Waals surface area contributed by atoms with Gasteiger partial charge in [-0.1, -0.05) is 18.2 Å². The fraction of sp³-hybridized carbons (Fsp3) is 0.318. The van der Waals surface area contributed by atoms with Crippen LogP contribution in [0.3, 0.4) is 0 Å². The summed E-state index contributed by atoms with van der Waals surface area (Å²) in [6.45, 7) is 2.88. The Labute approximate surface area is 166 Å². The SMILES string of the molecule is CS(=O)(=O)c1ccc(CN2CCCC(Nc3ccc4cnccc4c3)C2)cc1. The number of piperidine rings is 1. The van der Waals surface area contributed by atoms with Gasteiger partial charge in [-0.05, 0) is 60.7 Å². The molecule has 0 spiro atoms. The van der Waals surface area contributed by atoms with Crippen molar-refractivity contribution in [1.29, 1.82) is 0 Å². The molecule has 1 aliphatic heterocycles. The first kappa shape index (κ1) is 18.9. The smallest absolute Gasteiger partial charge is 0.175 e. The van der Waals surface area contributed by atoms with Crippen LogP contribution in [0.2, 0.25) is 0 Å². The van der Waals surface area contributed by atoms with Crippen LogP contribution in [-0.4, -0.2) is 43.7 Å². The molecule has 0 amide bonds. The summed E-state index contributed by atoms with van der Waals surface area (Å²) in [6.07, 6.45) is 7.25. The maximum Gasteiger partial charge on any atom is 0.175 e. The fourth-order valence-electron chi connectivity index (χ4n) is 3.83. The summed E-state index contributed by atoms with van der Waals surface area (Å²) in [5, 5.41) is 6.02. The number of anilines is 1. The first-order valence-electron chi connectivity index (χ1n) is 9.59. The zero-order chi connectivity index (χ0) is 19.6. The third kappa shape index (κ3) is 4.51. The molecular formula is C22H25N3O2S. The van der Waals surface area contributed by atoms with Gasteiger partial charge >= 0.3 is 0 Å². The van der Waals surface area contributed by atoms with Crippen molar-refractivity contribution in [1.82, 2.24) is 9.88 Å². The van der Waals surface area contributed by atoms with E-state index in [2.05, 4.69) is 33.4 Å². The van der Waals surface area contributed by atoms with E-state index in [0.29, 0.717) is 10.9 Å². The number of fused-ring (bicyclic) bond motifs is 1. The monoisotopic (exact) mass is 395 g/mol. The van der Waals surface area contributed by atoms with Crippen LogP contribution in [0, 0.1) is 0 Å². The Kier molecular flexibility index (Phi) is 5.33. The summed E-state index contributed by atoms with van der Waals surface area (Å²) in [5.41, 5.74) is 2.29. The van der Waals surface area contributed by atoms with Crippen molar-refractivity contribution in [3.63, 3.8) is 0 Å². The molecule has 1 aromatic heterocycles. The number of aromatic nitrogens is 1. The van der Waals surface area contributed by atoms with Crippen LogP contribution < -0.4 is 5.32 Å². The molecule has 146 valence electrons. The van der Waals surface area contributed by atoms with Crippen molar-refractivity contribution < 1.29 is 8.42 Å². The van der Waals surface area contributed by atoms with Gasteiger partial charge in [0.25, 0.3) is 0 Å². The molecule has 0 radical (unpaired) electrons. The lowest BCUT2D eigenvalue weighted by atomic mass is 10.0. The van der Waals surface area contributed by atoms with E-state index in [1.807, 2.05) is 30.6 Å². The molecule has 3 aromatic rings. The van der Waals surface area contributed by atoms with Gasteiger partial charge in [-0.3, -0.25) is 9.88 Å². The van der Waals surface area contributed by atoms with Gasteiger partial charge in [0.1, 0.15) is 0 Å². The molecule has 1 aliphatic rings. The summed E-state index contributed by atoms with van der Waals surface area (Å²) >= 11 is 0. The molecule has 1 saturated heterocycles. The van der Waals surface area contributed by atoms with Gasteiger partial charge in [0.05, 0.1) is 4.90 Å². The molecule has 0 saturated carbocycles. The quantitative estimate of drug-likeness (QED) is 0.713. The van der Waals surface area contributed by atoms with E-state index in [0.717, 1.165) is 49.1 Å². The molecule has 2 heterocycles. The van der Waals surface area contributed by atoms with E-state index < -0.39 is 9.84 Å². The van der Waals surface area contributed by atoms with E-state index >= 15 is 0 Å². The Morgan fingerprint density at radius 3 is 2.71 bits per heavy atom. The lowest BCUT2D eigenvalue weighted by Gasteiger charge is -2.33. The standard InChI is InChI=1S/C22H25N3O2S/c1-28(26,27)22-8-4-17(5-9-22)15-25-12-2-3-21(16-25)24-20-7-6-19-14-23-11-10-18(19)13-20/h4-11,13-14,21,24H,2-3,12,15-16H2,1H3. The molecule has 28 heavy (non-hydrogen) atoms. The molecule has 5 nitrogen and oxygen atoms in total. The van der Waals surface area contributed by atoms with E-state index in [1.165, 1.54) is 11.6 Å². The first-order chi connectivity index (χ1) is 13.5. The normalized spacial score (nSPS) is 18.2. The third-order valence-electron chi connectivity index (χ3n) is 5.27. The number of likely N-dealkylation sites (tertiary alicyclic amines) is 1. The molecule has 6 heteroatoms. The number of pyridine rings is 1. The summed E-state index contributed by atoms with van der Waals surface area (Å²) in [7, 11) is -3.14. The Morgan fingerprint density at radius 2 is 1.93 bits per heavy atom. The Morgan fingerprint density at radius 1 is 1.11 bits per heavy atom. The van der Waals surface area contributed by atoms with Crippen molar-refractivity contribution >= 4 is 26.3 Å². The van der Waals surface area contributed by atoms with Crippen molar-refractivity contribution in [2.24, 2.45) is 0 Å². The highest BCUT2D eigenvalue weighted by molar-refractivity contribution is 7.90. The first-order valence-corrected chi connectivity index (χ1v) is 11.5. The number of nitrogens with zero attached hydrogens (tertiary/aromatic N) is 2. The maximum atomic E-state index is 11.6. The lowest BCUT2D eigenvalue weighted by molar-refractivity contribution is 0.208. The highest BCUT2D eigenvalue weighted by atomic mass is 32.2. The summed E-state index contributed by atoms with van der Waals surface area (Å²) in [6, 6.07) is 16.1. The average Bonchev–Trinajstić information content (AvgIpc) is 2.68. The van der Waals surface area contributed by atoms with Crippen molar-refractivity contribution in [2.45, 2.75) is 30.3 Å². The second kappa shape index (κ2) is 7.89. The number of benzene rings is 2. The second-order valence-corrected chi connectivity index (χ2v) is 9.59. The van der Waals surface area contributed by atoms with Crippen LogP contribution in [-0.2, 0) is 16.4 Å². The Bertz CT molecular complexity index is 1060. The molecule has 1 atom stereocenters. The number of sulfone groups is 1. The largest absolute Gasteiger partial charge is 0.381 e. The van der Waals surface area contributed by atoms with Crippen LogP contribution in [0.25, 0.3) is 10.8 Å². The zero-order valence-corrected chi connectivity index (χ0v) is 16.8. The van der Waals surface area contributed by atoms with Crippen LogP contribution in [0.5, 0.6) is 0 Å². The Balaban J connectivity index is 1.39. The van der Waals surface area contributed by atoms with Gasteiger partial charge in [-0.25, -0.2) is 8.42 Å². The van der Waals surface area contributed by atoms with Crippen molar-refractivity contribution in [3.05, 3.63) is 66.5 Å². The van der Waals surface area contributed by atoms with Crippen molar-refractivity contribution in [3.8, 4) is 0 Å². The summed E-state index contributed by atoms with van der Waals surface area (Å²) < 4.78 is 23.2. The predicted molar refractivity (Wildman–Crippen MR) is 113 cm³/mol. The average molecular weight is 396 g/mol. The predicted octanol–water partition coefficient (Wildman–Crippen LogP) is 3.71. The number of rotatable bonds is 5. The molecule has 1 unspecified atom stereocenters. The molecule has 1 N–H and O–H groups in total. The molecule has 2 aromatic carbocycles. The molecular weight excluding hydrogens is 370 g/mol. The van der Waals surface area contributed by atoms with Crippen molar-refractivity contribution in [2.75, 3.05) is 24.7 Å². The highest BCUT2D eigenvalue weighted by Crippen LogP contribution is 2.22. The number of nitrogens with one attached hydrogen (secondary N) is 1. The van der Waals surface area contributed by atoms with Gasteiger partial charge in [0.2, 0.25) is 0 Å². The summed E-state index contributed by atoms with van der Waals surface area (Å²) in [5.74, 6) is 0. The fourth-order valence-corrected chi connectivity index (χ4v) is 4.46. The van der Waals surface area contributed by atoms with Crippen LogP contribution in [0.4, 0.5) is 5.69 Å². The van der Waals surface area contributed by atoms with Gasteiger partial charge in [0, 0.05) is 48.9 Å². The van der Waals surface area contributed by atoms with E-state index in [4.69, 9.17) is 0 Å². The van der Waals surface area contributed by atoms with Crippen LogP contribution in [0.15, 0.2) is 65.8 Å². The maximum absolute atomic E-state index is 11.6. The van der Waals surface area contributed by atoms with E-state index in [-0.39, 0.29) is 0 Å². The second-order valence-electron chi connectivity index (χ2n) is 7.57. The van der Waals surface area contributed by atoms with E-state index in [1.54, 1.807) is 12.1 Å². The van der Waals surface area contributed by atoms with Gasteiger partial charge in [-0.15, -0.1) is 0 Å². The van der Waals surface area contributed by atoms with E-state index in [9.17, 15) is 8.42 Å². The minimum Gasteiger partial charge on any atom is -0.381 e. The highest BCUT2D eigenvalue weighted by Gasteiger charge is 2.20. The number of hydrogen-bond donors (Lipinski definition) is 1. The lowest BCUT2D eigenvalue weighted by Crippen LogP contribution is -2.41. The molecule has 1 fully saturated rings. The molecule has 0 bridgehead atoms. The third-order valence-corrected chi connectivity index (χ3v) is 6.40. The van der Waals surface area contributed by atoms with Gasteiger partial charge in [0.15, 0.2) is 9.84 Å². The van der Waals surface area contributed by atoms with Crippen LogP contribution >= 0.6 is 0 Å². The summed E-state index contributed by atoms with van der Waals surface area (Å²) in [4.78, 5) is 6.97. The minimum absolute atomic E-state index is 0.376. The molecule has 0 aliphatic carbocycles. The zero-order valence-electron chi connectivity index (χ0n) is 16.0. The number of hydrogen-bond acceptors (Lipinski definition) is 5. The van der Waals surface area contributed by atoms with Gasteiger partial charge in [-0.2, -0.15) is 0 Å².